The summed E-state index contributed by atoms with van der Waals surface area (Å²) in [6.07, 6.45) is 5.82. The summed E-state index contributed by atoms with van der Waals surface area (Å²) in [5, 5.41) is 4.29. The van der Waals surface area contributed by atoms with Crippen molar-refractivity contribution in [1.82, 2.24) is 14.4 Å². The first-order valence-corrected chi connectivity index (χ1v) is 11.5. The number of hydrogen-bond acceptors (Lipinski definition) is 5. The minimum Gasteiger partial charge on any atom is -0.469 e. The highest BCUT2D eigenvalue weighted by Crippen LogP contribution is 2.18. The smallest absolute Gasteiger partial charge is 0.260 e. The van der Waals surface area contributed by atoms with Crippen molar-refractivity contribution in [3.05, 3.63) is 53.7 Å². The molecule has 8 heteroatoms. The Kier molecular flexibility index (Phi) is 8.92. The summed E-state index contributed by atoms with van der Waals surface area (Å²) in [5.41, 5.74) is 2.73. The van der Waals surface area contributed by atoms with Crippen LogP contribution in [0.2, 0.25) is 0 Å². The zero-order valence-electron chi connectivity index (χ0n) is 19.8. The predicted octanol–water partition coefficient (Wildman–Crippen LogP) is 3.21. The van der Waals surface area contributed by atoms with Gasteiger partial charge >= 0.3 is 0 Å². The van der Waals surface area contributed by atoms with Gasteiger partial charge in [0.05, 0.1) is 12.3 Å². The van der Waals surface area contributed by atoms with Crippen molar-refractivity contribution in [2.75, 3.05) is 33.3 Å². The zero-order valence-corrected chi connectivity index (χ0v) is 19.8. The molecule has 1 fully saturated rings. The summed E-state index contributed by atoms with van der Waals surface area (Å²) in [4.78, 5) is 33.7. The van der Waals surface area contributed by atoms with Crippen LogP contribution in [0, 0.1) is 0 Å². The summed E-state index contributed by atoms with van der Waals surface area (Å²) >= 11 is 0. The molecule has 0 spiro atoms. The van der Waals surface area contributed by atoms with E-state index in [1.54, 1.807) is 7.05 Å². The first-order valence-electron chi connectivity index (χ1n) is 11.5. The minimum absolute atomic E-state index is 0.00833. The van der Waals surface area contributed by atoms with Crippen LogP contribution in [0.15, 0.2) is 47.8 Å². The lowest BCUT2D eigenvalue weighted by Crippen LogP contribution is -2.44. The molecule has 0 N–H and O–H groups in total. The molecule has 0 unspecified atom stereocenters. The average molecular weight is 455 g/mol. The van der Waals surface area contributed by atoms with Crippen LogP contribution in [0.1, 0.15) is 43.7 Å². The molecule has 1 saturated heterocycles. The summed E-state index contributed by atoms with van der Waals surface area (Å²) in [7, 11) is 3.49. The van der Waals surface area contributed by atoms with Crippen molar-refractivity contribution in [3.8, 4) is 5.88 Å². The number of piperidine rings is 1. The minimum atomic E-state index is -0.237. The van der Waals surface area contributed by atoms with Crippen molar-refractivity contribution in [2.45, 2.75) is 39.2 Å². The van der Waals surface area contributed by atoms with Crippen LogP contribution >= 0.6 is 0 Å². The molecule has 3 rings (SSSR count). The highest BCUT2D eigenvalue weighted by molar-refractivity contribution is 6.00. The number of likely N-dealkylation sites (N-methyl/N-ethyl adjacent to an activating group) is 1. The second kappa shape index (κ2) is 12.1. The third kappa shape index (κ3) is 7.10. The molecular weight excluding hydrogens is 420 g/mol. The van der Waals surface area contributed by atoms with Gasteiger partial charge in [0.2, 0.25) is 5.91 Å². The number of benzene rings is 1. The molecule has 0 saturated carbocycles. The summed E-state index contributed by atoms with van der Waals surface area (Å²) in [6.45, 7) is 3.91. The van der Waals surface area contributed by atoms with Crippen molar-refractivity contribution < 1.29 is 19.2 Å². The van der Waals surface area contributed by atoms with Crippen LogP contribution in [0.5, 0.6) is 5.88 Å². The Bertz CT molecular complexity index is 949. The van der Waals surface area contributed by atoms with Gasteiger partial charge in [0.15, 0.2) is 12.5 Å². The van der Waals surface area contributed by atoms with Gasteiger partial charge in [0, 0.05) is 45.0 Å². The molecule has 0 aliphatic carbocycles. The number of oxime groups is 1. The Morgan fingerprint density at radius 3 is 2.55 bits per heavy atom. The van der Waals surface area contributed by atoms with Crippen LogP contribution in [0.3, 0.4) is 0 Å². The molecule has 1 aromatic heterocycles. The number of amides is 2. The molecule has 1 aliphatic rings. The van der Waals surface area contributed by atoms with Gasteiger partial charge in [-0.2, -0.15) is 0 Å². The lowest BCUT2D eigenvalue weighted by Gasteiger charge is -2.28. The number of ether oxygens (including phenoxy) is 1. The topological polar surface area (TPSA) is 76.4 Å². The molecule has 2 aromatic rings. The third-order valence-electron chi connectivity index (χ3n) is 5.73. The molecule has 0 atom stereocenters. The quantitative estimate of drug-likeness (QED) is 0.408. The van der Waals surface area contributed by atoms with E-state index in [9.17, 15) is 9.59 Å². The first kappa shape index (κ1) is 24.4. The number of carbonyl (C=O) groups excluding carboxylic acids is 2. The standard InChI is InChI=1S/C25H34N4O4/c1-4-22(26-33-18-20-11-7-5-8-12-20)21-15-25(28(3)16-21)32-19-24(31)27(2)17-23(30)29-13-9-6-10-14-29/h5,7-8,11-12,15-16H,4,6,9-10,13-14,17-19H2,1-3H3/b26-22+. The van der Waals surface area contributed by atoms with Crippen LogP contribution < -0.4 is 4.74 Å². The van der Waals surface area contributed by atoms with E-state index in [2.05, 4.69) is 5.16 Å². The molecule has 33 heavy (non-hydrogen) atoms. The SMILES string of the molecule is CC/C(=N\OCc1ccccc1)c1cc(OCC(=O)N(C)CC(=O)N2CCCCC2)n(C)c1. The lowest BCUT2D eigenvalue weighted by atomic mass is 10.1. The maximum atomic E-state index is 12.5. The van der Waals surface area contributed by atoms with E-state index in [1.807, 2.05) is 66.0 Å². The van der Waals surface area contributed by atoms with Gasteiger partial charge in [0.25, 0.3) is 5.91 Å². The van der Waals surface area contributed by atoms with Gasteiger partial charge in [-0.25, -0.2) is 0 Å². The largest absolute Gasteiger partial charge is 0.469 e. The lowest BCUT2D eigenvalue weighted by molar-refractivity contribution is -0.141. The molecule has 2 heterocycles. The Hall–Kier alpha value is -3.29. The second-order valence-electron chi connectivity index (χ2n) is 8.31. The van der Waals surface area contributed by atoms with E-state index in [0.29, 0.717) is 18.9 Å². The Balaban J connectivity index is 1.51. The number of carbonyl (C=O) groups is 2. The number of likely N-dealkylation sites (tertiary alicyclic amines) is 1. The molecular formula is C25H34N4O4. The zero-order chi connectivity index (χ0) is 23.6. The van der Waals surface area contributed by atoms with E-state index in [-0.39, 0.29) is 25.0 Å². The summed E-state index contributed by atoms with van der Waals surface area (Å²) in [5.74, 6) is 0.308. The van der Waals surface area contributed by atoms with Gasteiger partial charge in [-0.15, -0.1) is 0 Å². The fraction of sp³-hybridized carbons (Fsp3) is 0.480. The summed E-state index contributed by atoms with van der Waals surface area (Å²) < 4.78 is 7.56. The van der Waals surface area contributed by atoms with Crippen LogP contribution in [0.4, 0.5) is 0 Å². The van der Waals surface area contributed by atoms with Crippen molar-refractivity contribution in [3.63, 3.8) is 0 Å². The number of hydrogen-bond donors (Lipinski definition) is 0. The maximum Gasteiger partial charge on any atom is 0.260 e. The highest BCUT2D eigenvalue weighted by Gasteiger charge is 2.21. The molecule has 0 bridgehead atoms. The Morgan fingerprint density at radius 1 is 1.12 bits per heavy atom. The van der Waals surface area contributed by atoms with E-state index in [1.165, 1.54) is 4.90 Å². The van der Waals surface area contributed by atoms with Gasteiger partial charge < -0.3 is 23.9 Å². The Labute approximate surface area is 195 Å². The van der Waals surface area contributed by atoms with E-state index in [0.717, 1.165) is 49.2 Å². The van der Waals surface area contributed by atoms with Crippen LogP contribution in [0.25, 0.3) is 0 Å². The Morgan fingerprint density at radius 2 is 1.85 bits per heavy atom. The fourth-order valence-corrected chi connectivity index (χ4v) is 3.71. The summed E-state index contributed by atoms with van der Waals surface area (Å²) in [6, 6.07) is 11.7. The van der Waals surface area contributed by atoms with Gasteiger partial charge in [0.1, 0.15) is 6.61 Å². The molecule has 178 valence electrons. The van der Waals surface area contributed by atoms with Crippen LogP contribution in [-0.4, -0.2) is 65.2 Å². The van der Waals surface area contributed by atoms with Gasteiger partial charge in [-0.3, -0.25) is 9.59 Å². The molecule has 0 radical (unpaired) electrons. The second-order valence-corrected chi connectivity index (χ2v) is 8.31. The average Bonchev–Trinajstić information content (AvgIpc) is 3.21. The molecule has 1 aliphatic heterocycles. The molecule has 8 nitrogen and oxygen atoms in total. The van der Waals surface area contributed by atoms with Crippen molar-refractivity contribution in [1.29, 1.82) is 0 Å². The monoisotopic (exact) mass is 454 g/mol. The predicted molar refractivity (Wildman–Crippen MR) is 127 cm³/mol. The maximum absolute atomic E-state index is 12.5. The van der Waals surface area contributed by atoms with Gasteiger partial charge in [-0.05, 0) is 31.2 Å². The molecule has 1 aromatic carbocycles. The number of rotatable bonds is 10. The number of aryl methyl sites for hydroxylation is 1. The molecule has 2 amide bonds. The number of aromatic nitrogens is 1. The third-order valence-corrected chi connectivity index (χ3v) is 5.73. The van der Waals surface area contributed by atoms with Crippen molar-refractivity contribution >= 4 is 17.5 Å². The van der Waals surface area contributed by atoms with Crippen LogP contribution in [-0.2, 0) is 28.1 Å². The van der Waals surface area contributed by atoms with Crippen molar-refractivity contribution in [2.24, 2.45) is 12.2 Å². The fourth-order valence-electron chi connectivity index (χ4n) is 3.71. The van der Waals surface area contributed by atoms with E-state index in [4.69, 9.17) is 9.57 Å². The normalized spacial score (nSPS) is 14.2. The van der Waals surface area contributed by atoms with E-state index < -0.39 is 0 Å². The first-order chi connectivity index (χ1) is 16.0. The van der Waals surface area contributed by atoms with E-state index >= 15 is 0 Å². The highest BCUT2D eigenvalue weighted by atomic mass is 16.6. The van der Waals surface area contributed by atoms with Gasteiger partial charge in [-0.1, -0.05) is 42.4 Å². The number of nitrogens with zero attached hydrogens (tertiary/aromatic N) is 4.